The number of ether oxygens (including phenoxy) is 2. The SMILES string of the molecule is COCCNCCNC(=O)COc1ccc(C(C)C)c(C)c1.Cl. The summed E-state index contributed by atoms with van der Waals surface area (Å²) in [6.45, 7) is 9.18. The molecule has 0 saturated carbocycles. The van der Waals surface area contributed by atoms with E-state index in [-0.39, 0.29) is 24.9 Å². The lowest BCUT2D eigenvalue weighted by atomic mass is 9.98. The molecule has 0 aliphatic heterocycles. The number of rotatable bonds is 10. The van der Waals surface area contributed by atoms with Crippen molar-refractivity contribution in [2.24, 2.45) is 0 Å². The molecule has 5 nitrogen and oxygen atoms in total. The third kappa shape index (κ3) is 8.79. The molecule has 23 heavy (non-hydrogen) atoms. The summed E-state index contributed by atoms with van der Waals surface area (Å²) in [7, 11) is 1.66. The van der Waals surface area contributed by atoms with Crippen LogP contribution in [0.15, 0.2) is 18.2 Å². The molecule has 0 heterocycles. The van der Waals surface area contributed by atoms with E-state index >= 15 is 0 Å². The van der Waals surface area contributed by atoms with Gasteiger partial charge in [0.2, 0.25) is 0 Å². The Kier molecular flexibility index (Phi) is 11.5. The second-order valence-corrected chi connectivity index (χ2v) is 5.55. The number of nitrogens with one attached hydrogen (secondary N) is 2. The number of hydrogen-bond donors (Lipinski definition) is 2. The standard InChI is InChI=1S/C17H28N2O3.ClH/c1-13(2)16-6-5-15(11-14(16)3)22-12-17(20)19-8-7-18-9-10-21-4;/h5-6,11,13,18H,7-10,12H2,1-4H3,(H,19,20);1H. The van der Waals surface area contributed by atoms with Gasteiger partial charge in [-0.25, -0.2) is 0 Å². The number of carbonyl (C=O) groups excluding carboxylic acids is 1. The maximum absolute atomic E-state index is 11.7. The van der Waals surface area contributed by atoms with E-state index in [4.69, 9.17) is 9.47 Å². The Morgan fingerprint density at radius 2 is 1.96 bits per heavy atom. The first-order valence-corrected chi connectivity index (χ1v) is 7.74. The minimum absolute atomic E-state index is 0. The Balaban J connectivity index is 0.00000484. The van der Waals surface area contributed by atoms with Crippen molar-refractivity contribution >= 4 is 18.3 Å². The highest BCUT2D eigenvalue weighted by atomic mass is 35.5. The number of benzene rings is 1. The van der Waals surface area contributed by atoms with Crippen LogP contribution in [-0.2, 0) is 9.53 Å². The Hall–Kier alpha value is -1.30. The summed E-state index contributed by atoms with van der Waals surface area (Å²) in [4.78, 5) is 11.7. The summed E-state index contributed by atoms with van der Waals surface area (Å²) in [6.07, 6.45) is 0. The van der Waals surface area contributed by atoms with Crippen molar-refractivity contribution in [3.05, 3.63) is 29.3 Å². The Morgan fingerprint density at radius 3 is 2.57 bits per heavy atom. The summed E-state index contributed by atoms with van der Waals surface area (Å²) in [5, 5.41) is 5.97. The molecule has 0 bridgehead atoms. The quantitative estimate of drug-likeness (QED) is 0.639. The first kappa shape index (κ1) is 21.7. The predicted molar refractivity (Wildman–Crippen MR) is 95.8 cm³/mol. The number of halogens is 1. The van der Waals surface area contributed by atoms with Crippen molar-refractivity contribution in [1.82, 2.24) is 10.6 Å². The predicted octanol–water partition coefficient (Wildman–Crippen LogP) is 2.27. The monoisotopic (exact) mass is 344 g/mol. The smallest absolute Gasteiger partial charge is 0.257 e. The number of aryl methyl sites for hydroxylation is 1. The lowest BCUT2D eigenvalue weighted by molar-refractivity contribution is -0.123. The summed E-state index contributed by atoms with van der Waals surface area (Å²) in [5.74, 6) is 1.11. The molecule has 2 N–H and O–H groups in total. The van der Waals surface area contributed by atoms with Gasteiger partial charge in [-0.2, -0.15) is 0 Å². The number of methoxy groups -OCH3 is 1. The summed E-state index contributed by atoms with van der Waals surface area (Å²) in [6, 6.07) is 5.96. The number of amides is 1. The van der Waals surface area contributed by atoms with Gasteiger partial charge in [0.25, 0.3) is 5.91 Å². The molecule has 0 radical (unpaired) electrons. The zero-order valence-corrected chi connectivity index (χ0v) is 15.3. The van der Waals surface area contributed by atoms with Crippen LogP contribution in [-0.4, -0.2) is 45.9 Å². The van der Waals surface area contributed by atoms with Crippen LogP contribution >= 0.6 is 12.4 Å². The van der Waals surface area contributed by atoms with E-state index in [1.165, 1.54) is 11.1 Å². The molecule has 1 amide bonds. The molecular weight excluding hydrogens is 316 g/mol. The van der Waals surface area contributed by atoms with Gasteiger partial charge in [0.15, 0.2) is 6.61 Å². The zero-order valence-electron chi connectivity index (χ0n) is 14.5. The van der Waals surface area contributed by atoms with E-state index in [0.29, 0.717) is 19.1 Å². The molecule has 0 atom stereocenters. The van der Waals surface area contributed by atoms with E-state index in [1.807, 2.05) is 12.1 Å². The van der Waals surface area contributed by atoms with Crippen LogP contribution in [0.3, 0.4) is 0 Å². The van der Waals surface area contributed by atoms with Crippen LogP contribution in [0.25, 0.3) is 0 Å². The number of carbonyl (C=O) groups is 1. The maximum Gasteiger partial charge on any atom is 0.257 e. The molecule has 1 aromatic rings. The van der Waals surface area contributed by atoms with Gasteiger partial charge >= 0.3 is 0 Å². The van der Waals surface area contributed by atoms with Gasteiger partial charge in [-0.15, -0.1) is 12.4 Å². The fraction of sp³-hybridized carbons (Fsp3) is 0.588. The average Bonchev–Trinajstić information content (AvgIpc) is 2.48. The number of hydrogen-bond acceptors (Lipinski definition) is 4. The lowest BCUT2D eigenvalue weighted by Gasteiger charge is -2.12. The van der Waals surface area contributed by atoms with Gasteiger partial charge in [0.1, 0.15) is 5.75 Å². The van der Waals surface area contributed by atoms with Gasteiger partial charge in [0.05, 0.1) is 6.61 Å². The Bertz CT molecular complexity index is 467. The second kappa shape index (κ2) is 12.2. The minimum Gasteiger partial charge on any atom is -0.484 e. The summed E-state index contributed by atoms with van der Waals surface area (Å²) >= 11 is 0. The highest BCUT2D eigenvalue weighted by Gasteiger charge is 2.06. The first-order valence-electron chi connectivity index (χ1n) is 7.74. The molecule has 0 fully saturated rings. The van der Waals surface area contributed by atoms with Crippen molar-refractivity contribution < 1.29 is 14.3 Å². The molecule has 1 rings (SSSR count). The molecule has 0 saturated heterocycles. The van der Waals surface area contributed by atoms with Crippen molar-refractivity contribution in [2.75, 3.05) is 40.0 Å². The van der Waals surface area contributed by atoms with Gasteiger partial charge in [-0.05, 0) is 36.1 Å². The van der Waals surface area contributed by atoms with Crippen molar-refractivity contribution in [2.45, 2.75) is 26.7 Å². The molecule has 1 aromatic carbocycles. The van der Waals surface area contributed by atoms with Gasteiger partial charge < -0.3 is 20.1 Å². The first-order chi connectivity index (χ1) is 10.5. The van der Waals surface area contributed by atoms with Crippen LogP contribution in [0.5, 0.6) is 5.75 Å². The summed E-state index contributed by atoms with van der Waals surface area (Å²) in [5.41, 5.74) is 2.49. The van der Waals surface area contributed by atoms with Crippen molar-refractivity contribution in [1.29, 1.82) is 0 Å². The van der Waals surface area contributed by atoms with E-state index < -0.39 is 0 Å². The normalized spacial score (nSPS) is 10.3. The van der Waals surface area contributed by atoms with Crippen LogP contribution < -0.4 is 15.4 Å². The molecule has 0 aliphatic carbocycles. The van der Waals surface area contributed by atoms with E-state index in [9.17, 15) is 4.79 Å². The van der Waals surface area contributed by atoms with Gasteiger partial charge in [-0.1, -0.05) is 19.9 Å². The third-order valence-corrected chi connectivity index (χ3v) is 3.34. The summed E-state index contributed by atoms with van der Waals surface area (Å²) < 4.78 is 10.4. The van der Waals surface area contributed by atoms with Crippen molar-refractivity contribution in [3.8, 4) is 5.75 Å². The van der Waals surface area contributed by atoms with E-state index in [1.54, 1.807) is 7.11 Å². The molecule has 0 aliphatic rings. The topological polar surface area (TPSA) is 59.6 Å². The molecule has 6 heteroatoms. The Labute approximate surface area is 145 Å². The third-order valence-electron chi connectivity index (χ3n) is 3.34. The van der Waals surface area contributed by atoms with Crippen LogP contribution in [0.2, 0.25) is 0 Å². The second-order valence-electron chi connectivity index (χ2n) is 5.55. The largest absolute Gasteiger partial charge is 0.484 e. The molecular formula is C17H29ClN2O3. The van der Waals surface area contributed by atoms with Crippen molar-refractivity contribution in [3.63, 3.8) is 0 Å². The highest BCUT2D eigenvalue weighted by Crippen LogP contribution is 2.23. The molecule has 0 unspecified atom stereocenters. The van der Waals surface area contributed by atoms with Gasteiger partial charge in [-0.3, -0.25) is 4.79 Å². The maximum atomic E-state index is 11.7. The zero-order chi connectivity index (χ0) is 16.4. The van der Waals surface area contributed by atoms with Gasteiger partial charge in [0, 0.05) is 26.7 Å². The molecule has 0 aromatic heterocycles. The van der Waals surface area contributed by atoms with E-state index in [2.05, 4.69) is 37.5 Å². The van der Waals surface area contributed by atoms with Crippen LogP contribution in [0, 0.1) is 6.92 Å². The lowest BCUT2D eigenvalue weighted by Crippen LogP contribution is -2.35. The van der Waals surface area contributed by atoms with Crippen LogP contribution in [0.1, 0.15) is 30.9 Å². The molecule has 132 valence electrons. The average molecular weight is 345 g/mol. The fourth-order valence-electron chi connectivity index (χ4n) is 2.18. The minimum atomic E-state index is -0.112. The highest BCUT2D eigenvalue weighted by molar-refractivity contribution is 5.85. The van der Waals surface area contributed by atoms with E-state index in [0.717, 1.165) is 18.8 Å². The molecule has 0 spiro atoms. The fourth-order valence-corrected chi connectivity index (χ4v) is 2.18. The Morgan fingerprint density at radius 1 is 1.22 bits per heavy atom. The van der Waals surface area contributed by atoms with Crippen LogP contribution in [0.4, 0.5) is 0 Å².